The number of aliphatic hydroxyl groups is 1. The molecular formula is C11H17NO2S. The van der Waals surface area contributed by atoms with Crippen LogP contribution in [-0.4, -0.2) is 23.7 Å². The highest BCUT2D eigenvalue weighted by Crippen LogP contribution is 2.10. The summed E-state index contributed by atoms with van der Waals surface area (Å²) in [4.78, 5) is 11.7. The van der Waals surface area contributed by atoms with Gasteiger partial charge in [0.15, 0.2) is 0 Å². The maximum absolute atomic E-state index is 11.7. The van der Waals surface area contributed by atoms with Crippen LogP contribution in [0.1, 0.15) is 30.6 Å². The van der Waals surface area contributed by atoms with E-state index in [9.17, 15) is 4.79 Å². The molecule has 2 atom stereocenters. The Kier molecular flexibility index (Phi) is 4.78. The minimum absolute atomic E-state index is 0.00904. The highest BCUT2D eigenvalue weighted by molar-refractivity contribution is 7.08. The molecule has 2 N–H and O–H groups in total. The molecule has 0 aliphatic carbocycles. The van der Waals surface area contributed by atoms with Gasteiger partial charge in [0.25, 0.3) is 5.91 Å². The summed E-state index contributed by atoms with van der Waals surface area (Å²) in [5.74, 6) is 0.188. The predicted octanol–water partition coefficient (Wildman–Crippen LogP) is 1.88. The zero-order chi connectivity index (χ0) is 11.3. The summed E-state index contributed by atoms with van der Waals surface area (Å²) in [6.45, 7) is 4.06. The molecule has 0 saturated carbocycles. The third kappa shape index (κ3) is 3.32. The lowest BCUT2D eigenvalue weighted by Crippen LogP contribution is -2.41. The van der Waals surface area contributed by atoms with Crippen LogP contribution in [0.4, 0.5) is 0 Å². The zero-order valence-corrected chi connectivity index (χ0v) is 9.88. The van der Waals surface area contributed by atoms with Crippen LogP contribution in [0.15, 0.2) is 16.8 Å². The van der Waals surface area contributed by atoms with E-state index in [1.807, 2.05) is 19.2 Å². The molecule has 3 nitrogen and oxygen atoms in total. The second kappa shape index (κ2) is 5.88. The molecule has 0 radical (unpaired) electrons. The van der Waals surface area contributed by atoms with Crippen LogP contribution in [-0.2, 0) is 0 Å². The fraction of sp³-hybridized carbons (Fsp3) is 0.545. The molecule has 0 aromatic carbocycles. The zero-order valence-electron chi connectivity index (χ0n) is 9.06. The fourth-order valence-electron chi connectivity index (χ4n) is 1.30. The van der Waals surface area contributed by atoms with Crippen molar-refractivity contribution in [2.24, 2.45) is 5.92 Å². The summed E-state index contributed by atoms with van der Waals surface area (Å²) in [7, 11) is 0. The van der Waals surface area contributed by atoms with Crippen molar-refractivity contribution < 1.29 is 9.90 Å². The molecule has 0 saturated heterocycles. The first kappa shape index (κ1) is 12.2. The molecule has 2 unspecified atom stereocenters. The average Bonchev–Trinajstić information content (AvgIpc) is 2.77. The molecule has 0 spiro atoms. The largest absolute Gasteiger partial charge is 0.394 e. The third-order valence-corrected chi connectivity index (χ3v) is 3.31. The van der Waals surface area contributed by atoms with Crippen molar-refractivity contribution in [2.45, 2.75) is 26.3 Å². The van der Waals surface area contributed by atoms with Crippen molar-refractivity contribution in [2.75, 3.05) is 6.61 Å². The molecule has 0 aliphatic rings. The van der Waals surface area contributed by atoms with E-state index in [2.05, 4.69) is 5.32 Å². The summed E-state index contributed by atoms with van der Waals surface area (Å²) in [6, 6.07) is 1.63. The van der Waals surface area contributed by atoms with E-state index < -0.39 is 0 Å². The topological polar surface area (TPSA) is 49.3 Å². The third-order valence-electron chi connectivity index (χ3n) is 2.63. The quantitative estimate of drug-likeness (QED) is 0.807. The maximum atomic E-state index is 11.7. The van der Waals surface area contributed by atoms with E-state index in [0.29, 0.717) is 5.56 Å². The fourth-order valence-corrected chi connectivity index (χ4v) is 1.93. The average molecular weight is 227 g/mol. The summed E-state index contributed by atoms with van der Waals surface area (Å²) in [5.41, 5.74) is 0.668. The van der Waals surface area contributed by atoms with Crippen LogP contribution in [0, 0.1) is 5.92 Å². The van der Waals surface area contributed by atoms with Crippen LogP contribution in [0.5, 0.6) is 0 Å². The van der Waals surface area contributed by atoms with Gasteiger partial charge in [-0.3, -0.25) is 4.79 Å². The Morgan fingerprint density at radius 2 is 2.40 bits per heavy atom. The number of carbonyl (C=O) groups excluding carboxylic acids is 1. The van der Waals surface area contributed by atoms with Crippen LogP contribution >= 0.6 is 11.3 Å². The first-order valence-electron chi connectivity index (χ1n) is 5.13. The van der Waals surface area contributed by atoms with Gasteiger partial charge in [-0.25, -0.2) is 0 Å². The summed E-state index contributed by atoms with van der Waals surface area (Å²) < 4.78 is 0. The van der Waals surface area contributed by atoms with E-state index in [1.165, 1.54) is 11.3 Å². The molecule has 15 heavy (non-hydrogen) atoms. The molecule has 4 heteroatoms. The van der Waals surface area contributed by atoms with Crippen molar-refractivity contribution in [3.63, 3.8) is 0 Å². The molecule has 0 aliphatic heterocycles. The smallest absolute Gasteiger partial charge is 0.252 e. The number of thiophene rings is 1. The summed E-state index contributed by atoms with van der Waals surface area (Å²) in [6.07, 6.45) is 0.940. The van der Waals surface area contributed by atoms with Crippen molar-refractivity contribution >= 4 is 17.2 Å². The van der Waals surface area contributed by atoms with Crippen molar-refractivity contribution in [1.82, 2.24) is 5.32 Å². The number of aliphatic hydroxyl groups excluding tert-OH is 1. The van der Waals surface area contributed by atoms with Gasteiger partial charge in [0, 0.05) is 10.9 Å². The van der Waals surface area contributed by atoms with E-state index in [0.717, 1.165) is 6.42 Å². The van der Waals surface area contributed by atoms with Gasteiger partial charge >= 0.3 is 0 Å². The van der Waals surface area contributed by atoms with Gasteiger partial charge in [-0.2, -0.15) is 11.3 Å². The Labute approximate surface area is 94.1 Å². The van der Waals surface area contributed by atoms with Crippen LogP contribution < -0.4 is 5.32 Å². The predicted molar refractivity (Wildman–Crippen MR) is 62.1 cm³/mol. The highest BCUT2D eigenvalue weighted by Gasteiger charge is 2.17. The maximum Gasteiger partial charge on any atom is 0.252 e. The lowest BCUT2D eigenvalue weighted by atomic mass is 10.00. The molecular weight excluding hydrogens is 210 g/mol. The molecule has 0 fully saturated rings. The van der Waals surface area contributed by atoms with Crippen molar-refractivity contribution in [3.05, 3.63) is 22.4 Å². The molecule has 1 amide bonds. The molecule has 1 rings (SSSR count). The Morgan fingerprint density at radius 3 is 2.87 bits per heavy atom. The van der Waals surface area contributed by atoms with E-state index in [4.69, 9.17) is 5.11 Å². The molecule has 1 aromatic heterocycles. The number of amides is 1. The standard InChI is InChI=1S/C11H17NO2S/c1-3-8(2)10(6-13)12-11(14)9-4-5-15-7-9/h4-5,7-8,10,13H,3,6H2,1-2H3,(H,12,14). The molecule has 1 heterocycles. The number of nitrogens with one attached hydrogen (secondary N) is 1. The minimum Gasteiger partial charge on any atom is -0.394 e. The van der Waals surface area contributed by atoms with Gasteiger partial charge in [0.05, 0.1) is 12.6 Å². The van der Waals surface area contributed by atoms with Crippen LogP contribution in [0.2, 0.25) is 0 Å². The van der Waals surface area contributed by atoms with Crippen LogP contribution in [0.3, 0.4) is 0 Å². The normalized spacial score (nSPS) is 14.6. The second-order valence-corrected chi connectivity index (χ2v) is 4.44. The monoisotopic (exact) mass is 227 g/mol. The number of rotatable bonds is 5. The Morgan fingerprint density at radius 1 is 1.67 bits per heavy atom. The van der Waals surface area contributed by atoms with E-state index in [-0.39, 0.29) is 24.5 Å². The lowest BCUT2D eigenvalue weighted by molar-refractivity contribution is 0.0892. The van der Waals surface area contributed by atoms with Crippen LogP contribution in [0.25, 0.3) is 0 Å². The lowest BCUT2D eigenvalue weighted by Gasteiger charge is -2.21. The number of hydrogen-bond donors (Lipinski definition) is 2. The number of carbonyl (C=O) groups is 1. The molecule has 1 aromatic rings. The first-order chi connectivity index (χ1) is 7.19. The molecule has 0 bridgehead atoms. The van der Waals surface area contributed by atoms with Crippen molar-refractivity contribution in [3.8, 4) is 0 Å². The van der Waals surface area contributed by atoms with Gasteiger partial charge < -0.3 is 10.4 Å². The first-order valence-corrected chi connectivity index (χ1v) is 6.07. The highest BCUT2D eigenvalue weighted by atomic mass is 32.1. The molecule has 84 valence electrons. The Hall–Kier alpha value is -0.870. The minimum atomic E-state index is -0.151. The van der Waals surface area contributed by atoms with Gasteiger partial charge in [0.2, 0.25) is 0 Å². The SMILES string of the molecule is CCC(C)C(CO)NC(=O)c1ccsc1. The van der Waals surface area contributed by atoms with Gasteiger partial charge in [0.1, 0.15) is 0 Å². The van der Waals surface area contributed by atoms with E-state index in [1.54, 1.807) is 11.4 Å². The van der Waals surface area contributed by atoms with Gasteiger partial charge in [-0.1, -0.05) is 20.3 Å². The Balaban J connectivity index is 2.56. The number of hydrogen-bond acceptors (Lipinski definition) is 3. The summed E-state index contributed by atoms with van der Waals surface area (Å²) in [5, 5.41) is 15.7. The second-order valence-electron chi connectivity index (χ2n) is 3.66. The Bertz CT molecular complexity index is 298. The van der Waals surface area contributed by atoms with Gasteiger partial charge in [-0.15, -0.1) is 0 Å². The van der Waals surface area contributed by atoms with Gasteiger partial charge in [-0.05, 0) is 17.4 Å². The summed E-state index contributed by atoms with van der Waals surface area (Å²) >= 11 is 1.49. The van der Waals surface area contributed by atoms with E-state index >= 15 is 0 Å². The van der Waals surface area contributed by atoms with Crippen molar-refractivity contribution in [1.29, 1.82) is 0 Å².